The van der Waals surface area contributed by atoms with Crippen LogP contribution in [0, 0.1) is 5.92 Å². The summed E-state index contributed by atoms with van der Waals surface area (Å²) in [6.07, 6.45) is 4.31. The van der Waals surface area contributed by atoms with E-state index in [9.17, 15) is 4.79 Å². The standard InChI is InChI=1S/C12H15BrN2O/c13-10-3-4-11(15-8-10)6-12(16)9-2-1-5-14-7-9/h3-4,8-9,14H,1-2,5-7H2. The van der Waals surface area contributed by atoms with E-state index in [1.165, 1.54) is 0 Å². The van der Waals surface area contributed by atoms with Crippen LogP contribution in [-0.4, -0.2) is 23.9 Å². The molecule has 2 rings (SSSR count). The number of nitrogens with one attached hydrogen (secondary N) is 1. The topological polar surface area (TPSA) is 42.0 Å². The van der Waals surface area contributed by atoms with Crippen LogP contribution in [0.5, 0.6) is 0 Å². The zero-order chi connectivity index (χ0) is 11.4. The van der Waals surface area contributed by atoms with Crippen molar-refractivity contribution in [2.45, 2.75) is 19.3 Å². The first-order valence-electron chi connectivity index (χ1n) is 5.59. The minimum absolute atomic E-state index is 0.180. The zero-order valence-electron chi connectivity index (χ0n) is 9.08. The molecule has 2 heterocycles. The van der Waals surface area contributed by atoms with Gasteiger partial charge in [-0.25, -0.2) is 0 Å². The molecule has 3 nitrogen and oxygen atoms in total. The predicted octanol–water partition coefficient (Wildman–Crippen LogP) is 1.96. The third kappa shape index (κ3) is 3.12. The molecule has 86 valence electrons. The van der Waals surface area contributed by atoms with Gasteiger partial charge >= 0.3 is 0 Å². The third-order valence-corrected chi connectivity index (χ3v) is 3.37. The SMILES string of the molecule is O=C(Cc1ccc(Br)cn1)C1CCCNC1. The van der Waals surface area contributed by atoms with E-state index in [0.29, 0.717) is 12.2 Å². The van der Waals surface area contributed by atoms with Crippen molar-refractivity contribution in [3.05, 3.63) is 28.5 Å². The lowest BCUT2D eigenvalue weighted by atomic mass is 9.92. The molecule has 1 saturated heterocycles. The first-order valence-corrected chi connectivity index (χ1v) is 6.39. The number of halogens is 1. The average Bonchev–Trinajstić information content (AvgIpc) is 2.33. The summed E-state index contributed by atoms with van der Waals surface area (Å²) in [4.78, 5) is 16.2. The molecule has 1 unspecified atom stereocenters. The molecule has 1 atom stereocenters. The summed E-state index contributed by atoms with van der Waals surface area (Å²) in [5.41, 5.74) is 0.860. The van der Waals surface area contributed by atoms with E-state index in [0.717, 1.165) is 36.1 Å². The molecule has 1 aromatic rings. The van der Waals surface area contributed by atoms with Crippen molar-refractivity contribution < 1.29 is 4.79 Å². The minimum atomic E-state index is 0.180. The highest BCUT2D eigenvalue weighted by Gasteiger charge is 2.20. The van der Waals surface area contributed by atoms with Crippen molar-refractivity contribution in [2.75, 3.05) is 13.1 Å². The van der Waals surface area contributed by atoms with Crippen molar-refractivity contribution in [3.8, 4) is 0 Å². The highest BCUT2D eigenvalue weighted by atomic mass is 79.9. The smallest absolute Gasteiger partial charge is 0.143 e. The van der Waals surface area contributed by atoms with Gasteiger partial charge in [0.25, 0.3) is 0 Å². The molecule has 0 radical (unpaired) electrons. The maximum absolute atomic E-state index is 12.0. The van der Waals surface area contributed by atoms with Crippen molar-refractivity contribution >= 4 is 21.7 Å². The number of Topliss-reactive ketones (excluding diaryl/α,β-unsaturated/α-hetero) is 1. The molecule has 1 N–H and O–H groups in total. The highest BCUT2D eigenvalue weighted by Crippen LogP contribution is 2.14. The Morgan fingerprint density at radius 3 is 3.06 bits per heavy atom. The zero-order valence-corrected chi connectivity index (χ0v) is 10.7. The van der Waals surface area contributed by atoms with Crippen LogP contribution in [0.4, 0.5) is 0 Å². The second kappa shape index (κ2) is 5.55. The average molecular weight is 283 g/mol. The lowest BCUT2D eigenvalue weighted by molar-refractivity contribution is -0.122. The second-order valence-corrected chi connectivity index (χ2v) is 5.07. The molecule has 0 spiro atoms. The number of carbonyl (C=O) groups excluding carboxylic acids is 1. The molecule has 1 aliphatic heterocycles. The number of rotatable bonds is 3. The maximum Gasteiger partial charge on any atom is 0.143 e. The van der Waals surface area contributed by atoms with Crippen molar-refractivity contribution in [3.63, 3.8) is 0 Å². The molecule has 1 aliphatic rings. The monoisotopic (exact) mass is 282 g/mol. The first kappa shape index (κ1) is 11.7. The fourth-order valence-electron chi connectivity index (χ4n) is 1.96. The molecular formula is C12H15BrN2O. The number of hydrogen-bond donors (Lipinski definition) is 1. The lowest BCUT2D eigenvalue weighted by Gasteiger charge is -2.21. The van der Waals surface area contributed by atoms with E-state index in [4.69, 9.17) is 0 Å². The summed E-state index contributed by atoms with van der Waals surface area (Å²) in [6, 6.07) is 3.83. The predicted molar refractivity (Wildman–Crippen MR) is 66.2 cm³/mol. The summed E-state index contributed by atoms with van der Waals surface area (Å²) >= 11 is 3.33. The summed E-state index contributed by atoms with van der Waals surface area (Å²) in [6.45, 7) is 1.87. The Morgan fingerprint density at radius 2 is 2.44 bits per heavy atom. The molecule has 1 aromatic heterocycles. The van der Waals surface area contributed by atoms with Crippen LogP contribution >= 0.6 is 15.9 Å². The van der Waals surface area contributed by atoms with Gasteiger partial charge in [-0.05, 0) is 47.4 Å². The molecule has 16 heavy (non-hydrogen) atoms. The van der Waals surface area contributed by atoms with Crippen LogP contribution in [0.2, 0.25) is 0 Å². The molecule has 0 aromatic carbocycles. The van der Waals surface area contributed by atoms with Crippen LogP contribution < -0.4 is 5.32 Å². The summed E-state index contributed by atoms with van der Waals surface area (Å²) in [7, 11) is 0. The van der Waals surface area contributed by atoms with E-state index < -0.39 is 0 Å². The number of carbonyl (C=O) groups is 1. The Bertz CT molecular complexity index is 358. The van der Waals surface area contributed by atoms with Crippen molar-refractivity contribution in [1.82, 2.24) is 10.3 Å². The van der Waals surface area contributed by atoms with Gasteiger partial charge in [-0.2, -0.15) is 0 Å². The van der Waals surface area contributed by atoms with Gasteiger partial charge in [0.2, 0.25) is 0 Å². The number of nitrogens with zero attached hydrogens (tertiary/aromatic N) is 1. The van der Waals surface area contributed by atoms with E-state index in [1.807, 2.05) is 12.1 Å². The largest absolute Gasteiger partial charge is 0.316 e. The van der Waals surface area contributed by atoms with Crippen LogP contribution in [0.15, 0.2) is 22.8 Å². The van der Waals surface area contributed by atoms with Gasteiger partial charge in [-0.1, -0.05) is 0 Å². The fraction of sp³-hybridized carbons (Fsp3) is 0.500. The molecular weight excluding hydrogens is 268 g/mol. The number of ketones is 1. The third-order valence-electron chi connectivity index (χ3n) is 2.90. The van der Waals surface area contributed by atoms with Gasteiger partial charge in [0, 0.05) is 35.2 Å². The summed E-state index contributed by atoms with van der Waals surface area (Å²) in [5, 5.41) is 3.26. The lowest BCUT2D eigenvalue weighted by Crippen LogP contribution is -2.35. The quantitative estimate of drug-likeness (QED) is 0.922. The molecule has 1 fully saturated rings. The highest BCUT2D eigenvalue weighted by molar-refractivity contribution is 9.10. The van der Waals surface area contributed by atoms with Gasteiger partial charge in [-0.3, -0.25) is 9.78 Å². The Morgan fingerprint density at radius 1 is 1.56 bits per heavy atom. The van der Waals surface area contributed by atoms with Crippen LogP contribution in [0.25, 0.3) is 0 Å². The van der Waals surface area contributed by atoms with Crippen molar-refractivity contribution in [1.29, 1.82) is 0 Å². The Kier molecular flexibility index (Phi) is 4.07. The fourth-order valence-corrected chi connectivity index (χ4v) is 2.20. The van der Waals surface area contributed by atoms with E-state index in [1.54, 1.807) is 6.20 Å². The number of hydrogen-bond acceptors (Lipinski definition) is 3. The van der Waals surface area contributed by atoms with Crippen LogP contribution in [0.1, 0.15) is 18.5 Å². The van der Waals surface area contributed by atoms with Gasteiger partial charge in [0.15, 0.2) is 0 Å². The summed E-state index contributed by atoms with van der Waals surface area (Å²) < 4.78 is 0.947. The second-order valence-electron chi connectivity index (χ2n) is 4.15. The van der Waals surface area contributed by atoms with E-state index in [-0.39, 0.29) is 5.92 Å². The molecule has 0 amide bonds. The molecule has 0 bridgehead atoms. The number of aromatic nitrogens is 1. The van der Waals surface area contributed by atoms with Gasteiger partial charge in [0.1, 0.15) is 5.78 Å². The van der Waals surface area contributed by atoms with Gasteiger partial charge in [-0.15, -0.1) is 0 Å². The van der Waals surface area contributed by atoms with Crippen LogP contribution in [0.3, 0.4) is 0 Å². The Balaban J connectivity index is 1.93. The van der Waals surface area contributed by atoms with Gasteiger partial charge < -0.3 is 5.32 Å². The molecule has 4 heteroatoms. The normalized spacial score (nSPS) is 20.7. The van der Waals surface area contributed by atoms with E-state index >= 15 is 0 Å². The van der Waals surface area contributed by atoms with Crippen molar-refractivity contribution in [2.24, 2.45) is 5.92 Å². The van der Waals surface area contributed by atoms with E-state index in [2.05, 4.69) is 26.2 Å². The summed E-state index contributed by atoms with van der Waals surface area (Å²) in [5.74, 6) is 0.487. The molecule has 0 saturated carbocycles. The Hall–Kier alpha value is -0.740. The number of piperidine rings is 1. The Labute approximate surface area is 104 Å². The molecule has 0 aliphatic carbocycles. The minimum Gasteiger partial charge on any atom is -0.316 e. The maximum atomic E-state index is 12.0. The number of pyridine rings is 1. The van der Waals surface area contributed by atoms with Gasteiger partial charge in [0.05, 0.1) is 0 Å². The first-order chi connectivity index (χ1) is 7.75. The van der Waals surface area contributed by atoms with Crippen LogP contribution in [-0.2, 0) is 11.2 Å².